The number of hydrogen-bond donors (Lipinski definition) is 0. The summed E-state index contributed by atoms with van der Waals surface area (Å²) in [5.74, 6) is 0. The summed E-state index contributed by atoms with van der Waals surface area (Å²) in [6.45, 7) is 1.73. The van der Waals surface area contributed by atoms with Crippen LogP contribution < -0.4 is 0 Å². The van der Waals surface area contributed by atoms with E-state index in [2.05, 4.69) is 20.2 Å². The van der Waals surface area contributed by atoms with Crippen LogP contribution in [-0.2, 0) is 0 Å². The lowest BCUT2D eigenvalue weighted by atomic mass is 10.2. The van der Waals surface area contributed by atoms with Crippen LogP contribution in [-0.4, -0.2) is 10.2 Å². The molecule has 1 heterocycles. The molecule has 0 fully saturated rings. The van der Waals surface area contributed by atoms with E-state index in [4.69, 9.17) is 17.1 Å². The maximum absolute atomic E-state index is 8.14. The first kappa shape index (κ1) is 8.77. The van der Waals surface area contributed by atoms with Crippen molar-refractivity contribution < 1.29 is 0 Å². The molecule has 12 heavy (non-hydrogen) atoms. The van der Waals surface area contributed by atoms with Gasteiger partial charge in [0.15, 0.2) is 5.15 Å². The van der Waals surface area contributed by atoms with E-state index in [1.165, 1.54) is 0 Å². The highest BCUT2D eigenvalue weighted by Gasteiger charge is 2.03. The van der Waals surface area contributed by atoms with Crippen molar-refractivity contribution >= 4 is 11.6 Å². The highest BCUT2D eigenvalue weighted by Crippen LogP contribution is 2.14. The van der Waals surface area contributed by atoms with Crippen molar-refractivity contribution in [3.05, 3.63) is 33.4 Å². The molecule has 0 aliphatic rings. The van der Waals surface area contributed by atoms with E-state index in [-0.39, 0.29) is 6.04 Å². The summed E-state index contributed by atoms with van der Waals surface area (Å²) in [5, 5.41) is 11.1. The molecule has 1 aromatic rings. The molecule has 0 aromatic carbocycles. The van der Waals surface area contributed by atoms with Crippen LogP contribution in [0.2, 0.25) is 5.15 Å². The molecule has 1 atom stereocenters. The fourth-order valence-electron chi connectivity index (χ4n) is 0.686. The van der Waals surface area contributed by atoms with E-state index in [0.717, 1.165) is 0 Å². The number of azide groups is 1. The summed E-state index contributed by atoms with van der Waals surface area (Å²) in [5.41, 5.74) is 8.75. The quantitative estimate of drug-likeness (QED) is 0.401. The molecule has 0 spiro atoms. The minimum Gasteiger partial charge on any atom is -0.154 e. The summed E-state index contributed by atoms with van der Waals surface area (Å²) in [6, 6.07) is 2.97. The normalized spacial score (nSPS) is 11.8. The van der Waals surface area contributed by atoms with Gasteiger partial charge in [0.05, 0.1) is 11.7 Å². The van der Waals surface area contributed by atoms with Crippen LogP contribution in [0.5, 0.6) is 0 Å². The van der Waals surface area contributed by atoms with Gasteiger partial charge >= 0.3 is 0 Å². The monoisotopic (exact) mass is 183 g/mol. The van der Waals surface area contributed by atoms with Crippen molar-refractivity contribution in [1.82, 2.24) is 10.2 Å². The zero-order valence-electron chi connectivity index (χ0n) is 6.35. The lowest BCUT2D eigenvalue weighted by molar-refractivity contribution is 0.745. The molecule has 1 aromatic heterocycles. The van der Waals surface area contributed by atoms with Crippen molar-refractivity contribution in [3.8, 4) is 0 Å². The topological polar surface area (TPSA) is 74.5 Å². The predicted octanol–water partition coefficient (Wildman–Crippen LogP) is 2.50. The van der Waals surface area contributed by atoms with Gasteiger partial charge < -0.3 is 0 Å². The van der Waals surface area contributed by atoms with E-state index in [9.17, 15) is 0 Å². The maximum atomic E-state index is 8.14. The number of halogens is 1. The molecule has 0 amide bonds. The van der Waals surface area contributed by atoms with E-state index in [1.54, 1.807) is 19.1 Å². The Morgan fingerprint density at radius 2 is 2.33 bits per heavy atom. The Balaban J connectivity index is 2.89. The van der Waals surface area contributed by atoms with Crippen LogP contribution in [0.4, 0.5) is 0 Å². The van der Waals surface area contributed by atoms with Crippen molar-refractivity contribution in [1.29, 1.82) is 0 Å². The van der Waals surface area contributed by atoms with Gasteiger partial charge in [0.2, 0.25) is 0 Å². The summed E-state index contributed by atoms with van der Waals surface area (Å²) in [4.78, 5) is 2.66. The first-order valence-corrected chi connectivity index (χ1v) is 3.65. The van der Waals surface area contributed by atoms with Crippen molar-refractivity contribution in [3.63, 3.8) is 0 Å². The standard InChI is InChI=1S/C6H6ClN5/c1-4(9-12-8)5-2-3-6(7)11-10-5/h2-4H,1H3. The second kappa shape index (κ2) is 3.90. The number of hydrogen-bond acceptors (Lipinski definition) is 3. The van der Waals surface area contributed by atoms with E-state index < -0.39 is 0 Å². The Morgan fingerprint density at radius 1 is 1.58 bits per heavy atom. The Morgan fingerprint density at radius 3 is 2.83 bits per heavy atom. The minimum absolute atomic E-state index is 0.306. The second-order valence-electron chi connectivity index (χ2n) is 2.16. The van der Waals surface area contributed by atoms with Crippen LogP contribution in [0.1, 0.15) is 18.7 Å². The maximum Gasteiger partial charge on any atom is 0.151 e. The molecule has 62 valence electrons. The summed E-state index contributed by atoms with van der Waals surface area (Å²) in [7, 11) is 0. The average Bonchev–Trinajstić information content (AvgIpc) is 2.06. The van der Waals surface area contributed by atoms with Crippen LogP contribution in [0.25, 0.3) is 10.4 Å². The van der Waals surface area contributed by atoms with Gasteiger partial charge in [0, 0.05) is 4.91 Å². The Hall–Kier alpha value is -1.32. The Bertz CT molecular complexity index is 302. The molecular formula is C6H6ClN5. The lowest BCUT2D eigenvalue weighted by Crippen LogP contribution is -1.94. The zero-order valence-corrected chi connectivity index (χ0v) is 7.10. The fourth-order valence-corrected chi connectivity index (χ4v) is 0.787. The third-order valence-electron chi connectivity index (χ3n) is 1.31. The third kappa shape index (κ3) is 2.08. The van der Waals surface area contributed by atoms with Crippen molar-refractivity contribution in [2.24, 2.45) is 5.11 Å². The largest absolute Gasteiger partial charge is 0.154 e. The van der Waals surface area contributed by atoms with Crippen molar-refractivity contribution in [2.45, 2.75) is 13.0 Å². The van der Waals surface area contributed by atoms with Gasteiger partial charge in [-0.1, -0.05) is 23.6 Å². The number of rotatable bonds is 2. The molecule has 5 nitrogen and oxygen atoms in total. The highest BCUT2D eigenvalue weighted by atomic mass is 35.5. The number of aromatic nitrogens is 2. The van der Waals surface area contributed by atoms with E-state index >= 15 is 0 Å². The van der Waals surface area contributed by atoms with Gasteiger partial charge in [-0.05, 0) is 17.7 Å². The molecule has 0 radical (unpaired) electrons. The molecule has 0 bridgehead atoms. The van der Waals surface area contributed by atoms with Gasteiger partial charge in [-0.15, -0.1) is 5.10 Å². The van der Waals surface area contributed by atoms with E-state index in [0.29, 0.717) is 10.8 Å². The molecule has 1 unspecified atom stereocenters. The van der Waals surface area contributed by atoms with E-state index in [1.807, 2.05) is 0 Å². The summed E-state index contributed by atoms with van der Waals surface area (Å²) in [6.07, 6.45) is 0. The molecule has 0 aliphatic heterocycles. The summed E-state index contributed by atoms with van der Waals surface area (Å²) >= 11 is 5.52. The third-order valence-corrected chi connectivity index (χ3v) is 1.51. The Kier molecular flexibility index (Phi) is 2.85. The molecule has 0 saturated carbocycles. The predicted molar refractivity (Wildman–Crippen MR) is 44.6 cm³/mol. The first-order valence-electron chi connectivity index (χ1n) is 3.27. The van der Waals surface area contributed by atoms with Crippen LogP contribution in [0.3, 0.4) is 0 Å². The summed E-state index contributed by atoms with van der Waals surface area (Å²) < 4.78 is 0. The smallest absolute Gasteiger partial charge is 0.151 e. The fraction of sp³-hybridized carbons (Fsp3) is 0.333. The number of nitrogens with zero attached hydrogens (tertiary/aromatic N) is 5. The molecule has 6 heteroatoms. The molecule has 0 N–H and O–H groups in total. The highest BCUT2D eigenvalue weighted by molar-refractivity contribution is 6.29. The van der Waals surface area contributed by atoms with Gasteiger partial charge in [0.25, 0.3) is 0 Å². The van der Waals surface area contributed by atoms with Gasteiger partial charge in [-0.3, -0.25) is 0 Å². The average molecular weight is 184 g/mol. The van der Waals surface area contributed by atoms with Gasteiger partial charge in [-0.2, -0.15) is 5.10 Å². The van der Waals surface area contributed by atoms with Crippen LogP contribution in [0, 0.1) is 0 Å². The lowest BCUT2D eigenvalue weighted by Gasteiger charge is -2.00. The SMILES string of the molecule is CC(N=[N+]=[N-])c1ccc(Cl)nn1. The minimum atomic E-state index is -0.306. The first-order chi connectivity index (χ1) is 5.74. The van der Waals surface area contributed by atoms with Crippen LogP contribution in [0.15, 0.2) is 17.2 Å². The van der Waals surface area contributed by atoms with Crippen LogP contribution >= 0.6 is 11.6 Å². The molecule has 0 aliphatic carbocycles. The zero-order chi connectivity index (χ0) is 8.97. The molecule has 0 saturated heterocycles. The van der Waals surface area contributed by atoms with Crippen molar-refractivity contribution in [2.75, 3.05) is 0 Å². The molecular weight excluding hydrogens is 178 g/mol. The van der Waals surface area contributed by atoms with Gasteiger partial charge in [-0.25, -0.2) is 0 Å². The van der Waals surface area contributed by atoms with Gasteiger partial charge in [0.1, 0.15) is 0 Å². The Labute approximate surface area is 74.0 Å². The second-order valence-corrected chi connectivity index (χ2v) is 2.55. The molecule has 1 rings (SSSR count).